The first-order chi connectivity index (χ1) is 7.61. The third kappa shape index (κ3) is 4.06. The van der Waals surface area contributed by atoms with E-state index in [4.69, 9.17) is 5.11 Å². The molecule has 0 atom stereocenters. The Hall–Kier alpha value is -1.30. The molecule has 1 saturated heterocycles. The van der Waals surface area contributed by atoms with Crippen molar-refractivity contribution in [2.45, 2.75) is 12.8 Å². The number of carbonyl (C=O) groups is 2. The third-order valence-electron chi connectivity index (χ3n) is 2.60. The number of carbonyl (C=O) groups excluding carboxylic acids is 1. The lowest BCUT2D eigenvalue weighted by atomic mass is 10.4. The maximum atomic E-state index is 11.9. The number of urea groups is 1. The SMILES string of the molecule is CN(CCC(=O)O)C(=O)N1CCCNCC1. The van der Waals surface area contributed by atoms with Crippen LogP contribution in [0.25, 0.3) is 0 Å². The number of hydrogen-bond acceptors (Lipinski definition) is 3. The second-order valence-corrected chi connectivity index (χ2v) is 3.94. The zero-order chi connectivity index (χ0) is 12.0. The van der Waals surface area contributed by atoms with E-state index in [1.54, 1.807) is 11.9 Å². The molecule has 0 aromatic carbocycles. The summed E-state index contributed by atoms with van der Waals surface area (Å²) in [5, 5.41) is 11.8. The van der Waals surface area contributed by atoms with Gasteiger partial charge in [-0.2, -0.15) is 0 Å². The summed E-state index contributed by atoms with van der Waals surface area (Å²) in [6.45, 7) is 3.43. The second kappa shape index (κ2) is 6.32. The van der Waals surface area contributed by atoms with Crippen LogP contribution in [0.2, 0.25) is 0 Å². The molecule has 1 rings (SSSR count). The van der Waals surface area contributed by atoms with Gasteiger partial charge in [0.2, 0.25) is 0 Å². The van der Waals surface area contributed by atoms with Crippen molar-refractivity contribution in [3.8, 4) is 0 Å². The van der Waals surface area contributed by atoms with Crippen molar-refractivity contribution < 1.29 is 14.7 Å². The van der Waals surface area contributed by atoms with Gasteiger partial charge in [-0.05, 0) is 13.0 Å². The predicted molar refractivity (Wildman–Crippen MR) is 59.3 cm³/mol. The Labute approximate surface area is 95.2 Å². The highest BCUT2D eigenvalue weighted by atomic mass is 16.4. The van der Waals surface area contributed by atoms with Gasteiger partial charge in [0.1, 0.15) is 0 Å². The van der Waals surface area contributed by atoms with E-state index in [0.29, 0.717) is 6.54 Å². The lowest BCUT2D eigenvalue weighted by Crippen LogP contribution is -2.43. The van der Waals surface area contributed by atoms with E-state index in [2.05, 4.69) is 5.32 Å². The molecule has 0 aromatic rings. The number of carboxylic acid groups (broad SMARTS) is 1. The molecule has 2 N–H and O–H groups in total. The van der Waals surface area contributed by atoms with Gasteiger partial charge in [-0.15, -0.1) is 0 Å². The van der Waals surface area contributed by atoms with E-state index < -0.39 is 5.97 Å². The topological polar surface area (TPSA) is 72.9 Å². The number of amides is 2. The maximum absolute atomic E-state index is 11.9. The molecule has 1 heterocycles. The molecular formula is C10H19N3O3. The Bertz CT molecular complexity index is 250. The Kier molecular flexibility index (Phi) is 5.04. The van der Waals surface area contributed by atoms with Crippen LogP contribution in [0.1, 0.15) is 12.8 Å². The molecule has 1 aliphatic rings. The van der Waals surface area contributed by atoms with Gasteiger partial charge in [-0.3, -0.25) is 4.79 Å². The maximum Gasteiger partial charge on any atom is 0.319 e. The highest BCUT2D eigenvalue weighted by molar-refractivity contribution is 5.75. The number of carboxylic acids is 1. The fraction of sp³-hybridized carbons (Fsp3) is 0.800. The average molecular weight is 229 g/mol. The minimum atomic E-state index is -0.878. The summed E-state index contributed by atoms with van der Waals surface area (Å²) in [6.07, 6.45) is 0.937. The summed E-state index contributed by atoms with van der Waals surface area (Å²) in [6, 6.07) is -0.0787. The van der Waals surface area contributed by atoms with Gasteiger partial charge in [-0.1, -0.05) is 0 Å². The Morgan fingerprint density at radius 1 is 1.38 bits per heavy atom. The van der Waals surface area contributed by atoms with E-state index in [-0.39, 0.29) is 19.0 Å². The zero-order valence-electron chi connectivity index (χ0n) is 9.61. The Morgan fingerprint density at radius 3 is 2.81 bits per heavy atom. The molecule has 0 aliphatic carbocycles. The predicted octanol–water partition coefficient (Wildman–Crippen LogP) is -0.192. The van der Waals surface area contributed by atoms with Crippen LogP contribution in [0.4, 0.5) is 4.79 Å². The Morgan fingerprint density at radius 2 is 2.12 bits per heavy atom. The van der Waals surface area contributed by atoms with Crippen LogP contribution >= 0.6 is 0 Å². The first-order valence-electron chi connectivity index (χ1n) is 5.54. The van der Waals surface area contributed by atoms with Crippen LogP contribution in [0, 0.1) is 0 Å². The second-order valence-electron chi connectivity index (χ2n) is 3.94. The highest BCUT2D eigenvalue weighted by Gasteiger charge is 2.19. The Balaban J connectivity index is 2.38. The first-order valence-corrected chi connectivity index (χ1v) is 5.54. The van der Waals surface area contributed by atoms with Crippen LogP contribution < -0.4 is 5.32 Å². The minimum absolute atomic E-state index is 0.00563. The van der Waals surface area contributed by atoms with Gasteiger partial charge < -0.3 is 20.2 Å². The summed E-state index contributed by atoms with van der Waals surface area (Å²) in [5.41, 5.74) is 0. The van der Waals surface area contributed by atoms with Crippen molar-refractivity contribution >= 4 is 12.0 Å². The van der Waals surface area contributed by atoms with Crippen molar-refractivity contribution in [3.63, 3.8) is 0 Å². The van der Waals surface area contributed by atoms with Crippen molar-refractivity contribution in [1.29, 1.82) is 0 Å². The van der Waals surface area contributed by atoms with E-state index in [1.165, 1.54) is 4.90 Å². The number of nitrogens with one attached hydrogen (secondary N) is 1. The molecule has 0 saturated carbocycles. The monoisotopic (exact) mass is 229 g/mol. The summed E-state index contributed by atoms with van der Waals surface area (Å²) < 4.78 is 0. The minimum Gasteiger partial charge on any atom is -0.481 e. The van der Waals surface area contributed by atoms with E-state index in [9.17, 15) is 9.59 Å². The summed E-state index contributed by atoms with van der Waals surface area (Å²) in [4.78, 5) is 25.5. The average Bonchev–Trinajstić information content (AvgIpc) is 2.53. The first kappa shape index (κ1) is 12.8. The number of nitrogens with zero attached hydrogens (tertiary/aromatic N) is 2. The number of rotatable bonds is 3. The lowest BCUT2D eigenvalue weighted by molar-refractivity contribution is -0.137. The summed E-state index contributed by atoms with van der Waals surface area (Å²) in [7, 11) is 1.64. The third-order valence-corrected chi connectivity index (χ3v) is 2.60. The van der Waals surface area contributed by atoms with Crippen LogP contribution in [0.5, 0.6) is 0 Å². The standard InChI is InChI=1S/C10H19N3O3/c1-12(7-3-9(14)15)10(16)13-6-2-4-11-5-8-13/h11H,2-8H2,1H3,(H,14,15). The fourth-order valence-electron chi connectivity index (χ4n) is 1.64. The van der Waals surface area contributed by atoms with Gasteiger partial charge in [0.05, 0.1) is 6.42 Å². The fourth-order valence-corrected chi connectivity index (χ4v) is 1.64. The highest BCUT2D eigenvalue weighted by Crippen LogP contribution is 2.01. The molecule has 0 unspecified atom stereocenters. The zero-order valence-corrected chi connectivity index (χ0v) is 9.61. The van der Waals surface area contributed by atoms with Crippen LogP contribution in [-0.2, 0) is 4.79 Å². The van der Waals surface area contributed by atoms with Gasteiger partial charge in [0.25, 0.3) is 0 Å². The van der Waals surface area contributed by atoms with Crippen molar-refractivity contribution in [2.24, 2.45) is 0 Å². The van der Waals surface area contributed by atoms with Gasteiger partial charge in [0, 0.05) is 33.2 Å². The molecule has 0 radical (unpaired) electrons. The molecule has 0 spiro atoms. The lowest BCUT2D eigenvalue weighted by Gasteiger charge is -2.26. The molecule has 6 heteroatoms. The molecule has 1 aliphatic heterocycles. The molecule has 0 bridgehead atoms. The van der Waals surface area contributed by atoms with E-state index in [0.717, 1.165) is 26.1 Å². The van der Waals surface area contributed by atoms with E-state index >= 15 is 0 Å². The molecule has 0 aromatic heterocycles. The molecule has 92 valence electrons. The van der Waals surface area contributed by atoms with Crippen molar-refractivity contribution in [2.75, 3.05) is 39.8 Å². The number of hydrogen-bond donors (Lipinski definition) is 2. The largest absolute Gasteiger partial charge is 0.481 e. The smallest absolute Gasteiger partial charge is 0.319 e. The molecular weight excluding hydrogens is 210 g/mol. The quantitative estimate of drug-likeness (QED) is 0.703. The van der Waals surface area contributed by atoms with E-state index in [1.807, 2.05) is 0 Å². The molecule has 1 fully saturated rings. The van der Waals surface area contributed by atoms with Gasteiger partial charge in [-0.25, -0.2) is 4.79 Å². The molecule has 16 heavy (non-hydrogen) atoms. The summed E-state index contributed by atoms with van der Waals surface area (Å²) >= 11 is 0. The molecule has 6 nitrogen and oxygen atoms in total. The summed E-state index contributed by atoms with van der Waals surface area (Å²) in [5.74, 6) is -0.878. The molecule has 2 amide bonds. The van der Waals surface area contributed by atoms with Gasteiger partial charge in [0.15, 0.2) is 0 Å². The van der Waals surface area contributed by atoms with Crippen LogP contribution in [-0.4, -0.2) is 66.7 Å². The van der Waals surface area contributed by atoms with Crippen LogP contribution in [0.3, 0.4) is 0 Å². The normalized spacial score (nSPS) is 16.7. The van der Waals surface area contributed by atoms with Crippen molar-refractivity contribution in [3.05, 3.63) is 0 Å². The van der Waals surface area contributed by atoms with Crippen LogP contribution in [0.15, 0.2) is 0 Å². The van der Waals surface area contributed by atoms with Gasteiger partial charge >= 0.3 is 12.0 Å². The number of aliphatic carboxylic acids is 1. The van der Waals surface area contributed by atoms with Crippen molar-refractivity contribution in [1.82, 2.24) is 15.1 Å².